The number of hydrogen-bond acceptors (Lipinski definition) is 3. The molecule has 3 nitrogen and oxygen atoms in total. The zero-order valence-electron chi connectivity index (χ0n) is 11.9. The summed E-state index contributed by atoms with van der Waals surface area (Å²) >= 11 is 6.30. The average molecular weight is 280 g/mol. The van der Waals surface area contributed by atoms with E-state index in [1.807, 2.05) is 33.8 Å². The molecule has 1 aromatic rings. The van der Waals surface area contributed by atoms with Gasteiger partial charge in [-0.1, -0.05) is 11.6 Å². The number of halogens is 1. The Labute approximate surface area is 119 Å². The van der Waals surface area contributed by atoms with Crippen LogP contribution >= 0.6 is 11.6 Å². The molecule has 1 aliphatic heterocycles. The van der Waals surface area contributed by atoms with Crippen LogP contribution in [0.4, 0.5) is 0 Å². The van der Waals surface area contributed by atoms with Crippen LogP contribution in [0.25, 0.3) is 0 Å². The van der Waals surface area contributed by atoms with Crippen LogP contribution in [-0.4, -0.2) is 23.3 Å². The van der Waals surface area contributed by atoms with Gasteiger partial charge in [-0.15, -0.1) is 0 Å². The second kappa shape index (κ2) is 4.21. The van der Waals surface area contributed by atoms with Gasteiger partial charge in [-0.25, -0.2) is 4.98 Å². The van der Waals surface area contributed by atoms with Crippen molar-refractivity contribution in [1.82, 2.24) is 4.98 Å². The normalized spacial score (nSPS) is 24.8. The quantitative estimate of drug-likeness (QED) is 0.616. The fourth-order valence-corrected chi connectivity index (χ4v) is 2.66. The lowest BCUT2D eigenvalue weighted by atomic mass is 9.76. The van der Waals surface area contributed by atoms with Crippen molar-refractivity contribution in [2.24, 2.45) is 0 Å². The van der Waals surface area contributed by atoms with Crippen LogP contribution in [0, 0.1) is 0 Å². The summed E-state index contributed by atoms with van der Waals surface area (Å²) < 4.78 is 12.2. The first-order chi connectivity index (χ1) is 8.82. The monoisotopic (exact) mass is 279 g/mol. The highest BCUT2D eigenvalue weighted by molar-refractivity contribution is 6.66. The molecule has 0 N–H and O–H groups in total. The SMILES string of the molecule is CC1(C)OB(c2c(C3CC3)ccnc2Cl)OC1(C)C. The number of pyridine rings is 1. The van der Waals surface area contributed by atoms with Gasteiger partial charge in [0, 0.05) is 11.7 Å². The molecule has 0 atom stereocenters. The van der Waals surface area contributed by atoms with Crippen LogP contribution in [-0.2, 0) is 9.31 Å². The van der Waals surface area contributed by atoms with Crippen molar-refractivity contribution in [1.29, 1.82) is 0 Å². The molecule has 1 saturated heterocycles. The standard InChI is InChI=1S/C14H19BClNO2/c1-13(2)14(3,4)19-15(18-13)11-10(9-5-6-9)7-8-17-12(11)16/h7-9H,5-6H2,1-4H3. The number of nitrogens with zero attached hydrogens (tertiary/aromatic N) is 1. The molecule has 2 fully saturated rings. The Balaban J connectivity index is 2.00. The van der Waals surface area contributed by atoms with Gasteiger partial charge in [0.1, 0.15) is 5.15 Å². The Bertz CT molecular complexity index is 498. The fourth-order valence-electron chi connectivity index (χ4n) is 2.41. The van der Waals surface area contributed by atoms with E-state index in [-0.39, 0.29) is 11.2 Å². The van der Waals surface area contributed by atoms with Crippen molar-refractivity contribution in [2.75, 3.05) is 0 Å². The Morgan fingerprint density at radius 2 is 1.79 bits per heavy atom. The van der Waals surface area contributed by atoms with E-state index in [9.17, 15) is 0 Å². The van der Waals surface area contributed by atoms with Crippen molar-refractivity contribution in [3.05, 3.63) is 23.0 Å². The third-order valence-electron chi connectivity index (χ3n) is 4.48. The van der Waals surface area contributed by atoms with Crippen LogP contribution < -0.4 is 5.46 Å². The maximum atomic E-state index is 6.30. The Hall–Kier alpha value is -0.575. The summed E-state index contributed by atoms with van der Waals surface area (Å²) in [5, 5.41) is 0.503. The van der Waals surface area contributed by atoms with Gasteiger partial charge in [0.2, 0.25) is 0 Å². The summed E-state index contributed by atoms with van der Waals surface area (Å²) in [6.07, 6.45) is 4.20. The third-order valence-corrected chi connectivity index (χ3v) is 4.78. The molecule has 2 aliphatic rings. The summed E-state index contributed by atoms with van der Waals surface area (Å²) in [7, 11) is -0.415. The number of rotatable bonds is 2. The minimum absolute atomic E-state index is 0.350. The molecule has 5 heteroatoms. The van der Waals surface area contributed by atoms with Gasteiger partial charge < -0.3 is 9.31 Å². The Morgan fingerprint density at radius 3 is 2.32 bits per heavy atom. The van der Waals surface area contributed by atoms with E-state index >= 15 is 0 Å². The predicted molar refractivity (Wildman–Crippen MR) is 76.9 cm³/mol. The third kappa shape index (κ3) is 2.20. The number of hydrogen-bond donors (Lipinski definition) is 0. The van der Waals surface area contributed by atoms with Gasteiger partial charge in [-0.2, -0.15) is 0 Å². The van der Waals surface area contributed by atoms with E-state index in [0.717, 1.165) is 5.46 Å². The zero-order chi connectivity index (χ0) is 13.8. The molecular weight excluding hydrogens is 260 g/mol. The smallest absolute Gasteiger partial charge is 0.399 e. The first-order valence-corrected chi connectivity index (χ1v) is 7.19. The lowest BCUT2D eigenvalue weighted by Crippen LogP contribution is -2.41. The van der Waals surface area contributed by atoms with Crippen LogP contribution in [0.3, 0.4) is 0 Å². The van der Waals surface area contributed by atoms with E-state index in [0.29, 0.717) is 11.1 Å². The van der Waals surface area contributed by atoms with Crippen molar-refractivity contribution in [3.63, 3.8) is 0 Å². The summed E-state index contributed by atoms with van der Waals surface area (Å²) in [5.41, 5.74) is 1.46. The molecule has 102 valence electrons. The van der Waals surface area contributed by atoms with E-state index in [2.05, 4.69) is 4.98 Å². The van der Waals surface area contributed by atoms with E-state index < -0.39 is 7.12 Å². The topological polar surface area (TPSA) is 31.4 Å². The fraction of sp³-hybridized carbons (Fsp3) is 0.643. The summed E-state index contributed by atoms with van der Waals surface area (Å²) in [5.74, 6) is 0.592. The van der Waals surface area contributed by atoms with E-state index in [4.69, 9.17) is 20.9 Å². The van der Waals surface area contributed by atoms with Gasteiger partial charge in [0.05, 0.1) is 11.2 Å². The number of aromatic nitrogens is 1. The highest BCUT2D eigenvalue weighted by Crippen LogP contribution is 2.42. The molecule has 0 aromatic carbocycles. The molecule has 1 aromatic heterocycles. The summed E-state index contributed by atoms with van der Waals surface area (Å²) in [4.78, 5) is 4.20. The molecule has 1 saturated carbocycles. The van der Waals surface area contributed by atoms with Crippen molar-refractivity contribution >= 4 is 24.2 Å². The van der Waals surface area contributed by atoms with Gasteiger partial charge in [-0.3, -0.25) is 0 Å². The highest BCUT2D eigenvalue weighted by Gasteiger charge is 2.53. The van der Waals surface area contributed by atoms with Gasteiger partial charge in [0.25, 0.3) is 0 Å². The van der Waals surface area contributed by atoms with Crippen molar-refractivity contribution in [2.45, 2.75) is 57.7 Å². The molecule has 0 bridgehead atoms. The Kier molecular flexibility index (Phi) is 2.97. The van der Waals surface area contributed by atoms with Crippen LogP contribution in [0.5, 0.6) is 0 Å². The van der Waals surface area contributed by atoms with Crippen molar-refractivity contribution in [3.8, 4) is 0 Å². The lowest BCUT2D eigenvalue weighted by molar-refractivity contribution is 0.00578. The molecule has 2 heterocycles. The second-order valence-corrected chi connectivity index (χ2v) is 6.83. The summed E-state index contributed by atoms with van der Waals surface area (Å²) in [6, 6.07) is 2.05. The van der Waals surface area contributed by atoms with Crippen LogP contribution in [0.15, 0.2) is 12.3 Å². The maximum absolute atomic E-state index is 6.30. The highest BCUT2D eigenvalue weighted by atomic mass is 35.5. The Morgan fingerprint density at radius 1 is 1.21 bits per heavy atom. The molecule has 0 amide bonds. The molecule has 0 unspecified atom stereocenters. The molecular formula is C14H19BClNO2. The minimum Gasteiger partial charge on any atom is -0.399 e. The first kappa shape index (κ1) is 13.4. The molecule has 3 rings (SSSR count). The van der Waals surface area contributed by atoms with Gasteiger partial charge >= 0.3 is 7.12 Å². The zero-order valence-corrected chi connectivity index (χ0v) is 12.6. The van der Waals surface area contributed by atoms with Gasteiger partial charge in [-0.05, 0) is 58.1 Å². The van der Waals surface area contributed by atoms with E-state index in [1.165, 1.54) is 18.4 Å². The van der Waals surface area contributed by atoms with E-state index in [1.54, 1.807) is 6.20 Å². The predicted octanol–water partition coefficient (Wildman–Crippen LogP) is 2.91. The lowest BCUT2D eigenvalue weighted by Gasteiger charge is -2.32. The second-order valence-electron chi connectivity index (χ2n) is 6.47. The largest absolute Gasteiger partial charge is 0.498 e. The van der Waals surface area contributed by atoms with Crippen molar-refractivity contribution < 1.29 is 9.31 Å². The average Bonchev–Trinajstić information content (AvgIpc) is 3.07. The molecule has 1 aliphatic carbocycles. The molecule has 19 heavy (non-hydrogen) atoms. The van der Waals surface area contributed by atoms with Gasteiger partial charge in [0.15, 0.2) is 0 Å². The van der Waals surface area contributed by atoms with Crippen LogP contribution in [0.1, 0.15) is 52.0 Å². The molecule has 0 radical (unpaired) electrons. The van der Waals surface area contributed by atoms with Crippen LogP contribution in [0.2, 0.25) is 5.15 Å². The maximum Gasteiger partial charge on any atom is 0.498 e. The molecule has 0 spiro atoms. The first-order valence-electron chi connectivity index (χ1n) is 6.82. The summed E-state index contributed by atoms with van der Waals surface area (Å²) in [6.45, 7) is 8.20. The minimum atomic E-state index is -0.415.